The molecule has 0 aliphatic heterocycles. The highest BCUT2D eigenvalue weighted by atomic mass is 19.1. The summed E-state index contributed by atoms with van der Waals surface area (Å²) in [7, 11) is 0. The molecule has 0 atom stereocenters. The largest absolute Gasteiger partial charge is 0.397 e. The number of carbonyl (C=O) groups excluding carboxylic acids is 1. The van der Waals surface area contributed by atoms with Crippen LogP contribution in [0.1, 0.15) is 23.0 Å². The topological polar surface area (TPSA) is 60.0 Å². The van der Waals surface area contributed by atoms with Crippen molar-refractivity contribution in [2.24, 2.45) is 0 Å². The molecule has 1 amide bonds. The van der Waals surface area contributed by atoms with E-state index in [4.69, 9.17) is 5.73 Å². The molecule has 0 fully saturated rings. The molecule has 0 spiro atoms. The van der Waals surface area contributed by atoms with Gasteiger partial charge in [-0.2, -0.15) is 0 Å². The number of carbonyl (C=O) groups is 1. The second-order valence-corrected chi connectivity index (χ2v) is 4.36. The molecule has 3 N–H and O–H groups in total. The molecular weight excluding hydrogens is 245 g/mol. The lowest BCUT2D eigenvalue weighted by atomic mass is 10.2. The van der Waals surface area contributed by atoms with Gasteiger partial charge in [0.15, 0.2) is 0 Å². The Labute approximate surface area is 111 Å². The standard InChI is InChI=1S/C14H16FN3O/c1-3-18-8-10(16)7-13(18)14(19)17-11-4-5-12(15)9(2)6-11/h4-8H,3,16H2,1-2H3,(H,17,19). The zero-order chi connectivity index (χ0) is 14.0. The van der Waals surface area contributed by atoms with E-state index in [9.17, 15) is 9.18 Å². The molecule has 0 unspecified atom stereocenters. The third kappa shape index (κ3) is 2.76. The van der Waals surface area contributed by atoms with E-state index in [1.807, 2.05) is 6.92 Å². The lowest BCUT2D eigenvalue weighted by molar-refractivity contribution is 0.101. The number of aromatic nitrogens is 1. The minimum atomic E-state index is -0.292. The first-order valence-electron chi connectivity index (χ1n) is 6.04. The molecule has 1 heterocycles. The molecule has 0 aliphatic rings. The van der Waals surface area contributed by atoms with Crippen molar-refractivity contribution in [1.29, 1.82) is 0 Å². The van der Waals surface area contributed by atoms with Crippen molar-refractivity contribution in [3.63, 3.8) is 0 Å². The van der Waals surface area contributed by atoms with Gasteiger partial charge in [0.2, 0.25) is 0 Å². The average Bonchev–Trinajstić information content (AvgIpc) is 2.75. The number of aryl methyl sites for hydroxylation is 2. The number of hydrogen-bond donors (Lipinski definition) is 2. The van der Waals surface area contributed by atoms with Crippen LogP contribution in [0.2, 0.25) is 0 Å². The highest BCUT2D eigenvalue weighted by Gasteiger charge is 2.12. The predicted molar refractivity (Wildman–Crippen MR) is 73.6 cm³/mol. The Bertz CT molecular complexity index is 619. The van der Waals surface area contributed by atoms with Crippen molar-refractivity contribution >= 4 is 17.3 Å². The van der Waals surface area contributed by atoms with Gasteiger partial charge in [-0.25, -0.2) is 4.39 Å². The summed E-state index contributed by atoms with van der Waals surface area (Å²) in [6, 6.07) is 6.08. The van der Waals surface area contributed by atoms with Crippen molar-refractivity contribution in [1.82, 2.24) is 4.57 Å². The molecule has 0 aliphatic carbocycles. The fraction of sp³-hybridized carbons (Fsp3) is 0.214. The number of halogens is 1. The van der Waals surface area contributed by atoms with E-state index < -0.39 is 0 Å². The average molecular weight is 261 g/mol. The van der Waals surface area contributed by atoms with Crippen LogP contribution in [0.15, 0.2) is 30.5 Å². The van der Waals surface area contributed by atoms with E-state index in [0.717, 1.165) is 0 Å². The first kappa shape index (κ1) is 13.1. The van der Waals surface area contributed by atoms with Crippen LogP contribution in [0.25, 0.3) is 0 Å². The Kier molecular flexibility index (Phi) is 3.55. The summed E-state index contributed by atoms with van der Waals surface area (Å²) >= 11 is 0. The lowest BCUT2D eigenvalue weighted by Crippen LogP contribution is -2.16. The first-order valence-corrected chi connectivity index (χ1v) is 6.04. The van der Waals surface area contributed by atoms with E-state index in [1.54, 1.807) is 29.8 Å². The van der Waals surface area contributed by atoms with Crippen LogP contribution in [-0.4, -0.2) is 10.5 Å². The summed E-state index contributed by atoms with van der Waals surface area (Å²) < 4.78 is 14.9. The van der Waals surface area contributed by atoms with Gasteiger partial charge >= 0.3 is 0 Å². The number of rotatable bonds is 3. The number of nitrogens with one attached hydrogen (secondary N) is 1. The van der Waals surface area contributed by atoms with Crippen molar-refractivity contribution in [2.75, 3.05) is 11.1 Å². The maximum Gasteiger partial charge on any atom is 0.272 e. The van der Waals surface area contributed by atoms with Crippen molar-refractivity contribution in [2.45, 2.75) is 20.4 Å². The summed E-state index contributed by atoms with van der Waals surface area (Å²) in [4.78, 5) is 12.1. The van der Waals surface area contributed by atoms with Gasteiger partial charge in [-0.15, -0.1) is 0 Å². The first-order chi connectivity index (χ1) is 9.01. The van der Waals surface area contributed by atoms with Crippen molar-refractivity contribution in [3.05, 3.63) is 47.5 Å². The molecule has 2 aromatic rings. The summed E-state index contributed by atoms with van der Waals surface area (Å²) in [6.45, 7) is 4.23. The van der Waals surface area contributed by atoms with Crippen LogP contribution in [-0.2, 0) is 6.54 Å². The Morgan fingerprint density at radius 1 is 1.42 bits per heavy atom. The number of benzene rings is 1. The quantitative estimate of drug-likeness (QED) is 0.892. The van der Waals surface area contributed by atoms with E-state index in [-0.39, 0.29) is 11.7 Å². The van der Waals surface area contributed by atoms with E-state index in [1.165, 1.54) is 12.1 Å². The van der Waals surface area contributed by atoms with E-state index in [0.29, 0.717) is 29.2 Å². The Morgan fingerprint density at radius 3 is 2.79 bits per heavy atom. The molecule has 0 bridgehead atoms. The fourth-order valence-electron chi connectivity index (χ4n) is 1.90. The van der Waals surface area contributed by atoms with Gasteiger partial charge in [-0.1, -0.05) is 0 Å². The van der Waals surface area contributed by atoms with Gasteiger partial charge < -0.3 is 15.6 Å². The monoisotopic (exact) mass is 261 g/mol. The van der Waals surface area contributed by atoms with Crippen LogP contribution >= 0.6 is 0 Å². The van der Waals surface area contributed by atoms with Crippen molar-refractivity contribution in [3.8, 4) is 0 Å². The Balaban J connectivity index is 2.22. The van der Waals surface area contributed by atoms with Gasteiger partial charge in [-0.05, 0) is 43.7 Å². The molecule has 0 radical (unpaired) electrons. The molecule has 100 valence electrons. The summed E-state index contributed by atoms with van der Waals surface area (Å²) in [5, 5.41) is 2.73. The van der Waals surface area contributed by atoms with E-state index in [2.05, 4.69) is 5.32 Å². The van der Waals surface area contributed by atoms with Gasteiger partial charge in [-0.3, -0.25) is 4.79 Å². The molecule has 0 saturated heterocycles. The Morgan fingerprint density at radius 2 is 2.16 bits per heavy atom. The number of hydrogen-bond acceptors (Lipinski definition) is 2. The number of anilines is 2. The summed E-state index contributed by atoms with van der Waals surface area (Å²) in [5.74, 6) is -0.552. The van der Waals surface area contributed by atoms with Gasteiger partial charge in [0.25, 0.3) is 5.91 Å². The lowest BCUT2D eigenvalue weighted by Gasteiger charge is -2.08. The van der Waals surface area contributed by atoms with E-state index >= 15 is 0 Å². The molecule has 19 heavy (non-hydrogen) atoms. The molecular formula is C14H16FN3O. The molecule has 1 aromatic heterocycles. The third-order valence-electron chi connectivity index (χ3n) is 2.91. The molecule has 2 rings (SSSR count). The summed E-state index contributed by atoms with van der Waals surface area (Å²) in [6.07, 6.45) is 1.71. The molecule has 1 aromatic carbocycles. The molecule has 0 saturated carbocycles. The SMILES string of the molecule is CCn1cc(N)cc1C(=O)Nc1ccc(F)c(C)c1. The van der Waals surface area contributed by atoms with Crippen LogP contribution in [0.4, 0.5) is 15.8 Å². The second kappa shape index (κ2) is 5.14. The van der Waals surface area contributed by atoms with Crippen molar-refractivity contribution < 1.29 is 9.18 Å². The number of nitrogens with two attached hydrogens (primary N) is 1. The van der Waals surface area contributed by atoms with Crippen LogP contribution < -0.4 is 11.1 Å². The zero-order valence-electron chi connectivity index (χ0n) is 10.9. The summed E-state index contributed by atoms with van der Waals surface area (Å²) in [5.41, 5.74) is 7.76. The minimum Gasteiger partial charge on any atom is -0.397 e. The minimum absolute atomic E-state index is 0.260. The highest BCUT2D eigenvalue weighted by Crippen LogP contribution is 2.16. The third-order valence-corrected chi connectivity index (χ3v) is 2.91. The van der Waals surface area contributed by atoms with Gasteiger partial charge in [0, 0.05) is 18.4 Å². The maximum absolute atomic E-state index is 13.1. The van der Waals surface area contributed by atoms with Crippen LogP contribution in [0.5, 0.6) is 0 Å². The predicted octanol–water partition coefficient (Wildman–Crippen LogP) is 2.79. The van der Waals surface area contributed by atoms with Crippen LogP contribution in [0.3, 0.4) is 0 Å². The smallest absolute Gasteiger partial charge is 0.272 e. The zero-order valence-corrected chi connectivity index (χ0v) is 10.9. The molecule has 5 heteroatoms. The fourth-order valence-corrected chi connectivity index (χ4v) is 1.90. The highest BCUT2D eigenvalue weighted by molar-refractivity contribution is 6.03. The molecule has 4 nitrogen and oxygen atoms in total. The second-order valence-electron chi connectivity index (χ2n) is 4.36. The normalized spacial score (nSPS) is 10.5. The van der Waals surface area contributed by atoms with Crippen LogP contribution in [0, 0.1) is 12.7 Å². The maximum atomic E-state index is 13.1. The van der Waals surface area contributed by atoms with Gasteiger partial charge in [0.1, 0.15) is 11.5 Å². The Hall–Kier alpha value is -2.30. The number of amides is 1. The van der Waals surface area contributed by atoms with Gasteiger partial charge in [0.05, 0.1) is 5.69 Å². The number of nitrogen functional groups attached to an aromatic ring is 1. The number of nitrogens with zero attached hydrogens (tertiary/aromatic N) is 1.